The van der Waals surface area contributed by atoms with Gasteiger partial charge in [-0.1, -0.05) is 30.7 Å². The monoisotopic (exact) mass is 246 g/mol. The molecular formula is C15H22N2O. The largest absolute Gasteiger partial charge is 0.352 e. The van der Waals surface area contributed by atoms with Crippen molar-refractivity contribution in [3.63, 3.8) is 0 Å². The van der Waals surface area contributed by atoms with Crippen molar-refractivity contribution in [3.8, 4) is 0 Å². The number of nitrogens with one attached hydrogen (secondary N) is 1. The smallest absolute Gasteiger partial charge is 0.223 e. The van der Waals surface area contributed by atoms with Gasteiger partial charge < -0.3 is 11.1 Å². The van der Waals surface area contributed by atoms with E-state index in [0.717, 1.165) is 19.3 Å². The highest BCUT2D eigenvalue weighted by atomic mass is 16.1. The minimum absolute atomic E-state index is 0.124. The third-order valence-corrected chi connectivity index (χ3v) is 4.01. The van der Waals surface area contributed by atoms with Crippen molar-refractivity contribution < 1.29 is 4.79 Å². The molecular weight excluding hydrogens is 224 g/mol. The van der Waals surface area contributed by atoms with Gasteiger partial charge in [-0.25, -0.2) is 0 Å². The Morgan fingerprint density at radius 2 is 2.17 bits per heavy atom. The van der Waals surface area contributed by atoms with Gasteiger partial charge in [0.1, 0.15) is 0 Å². The number of carbonyl (C=O) groups is 1. The maximum atomic E-state index is 12.1. The quantitative estimate of drug-likeness (QED) is 0.853. The molecule has 0 saturated heterocycles. The third-order valence-electron chi connectivity index (χ3n) is 4.01. The molecule has 0 spiro atoms. The average Bonchev–Trinajstić information content (AvgIpc) is 2.86. The highest BCUT2D eigenvalue weighted by Crippen LogP contribution is 2.30. The lowest BCUT2D eigenvalue weighted by molar-refractivity contribution is -0.126. The molecule has 2 rings (SSSR count). The maximum absolute atomic E-state index is 12.1. The van der Waals surface area contributed by atoms with E-state index in [4.69, 9.17) is 5.73 Å². The topological polar surface area (TPSA) is 55.1 Å². The van der Waals surface area contributed by atoms with Gasteiger partial charge in [-0.05, 0) is 43.4 Å². The first-order chi connectivity index (χ1) is 8.72. The summed E-state index contributed by atoms with van der Waals surface area (Å²) in [4.78, 5) is 12.1. The van der Waals surface area contributed by atoms with Gasteiger partial charge >= 0.3 is 0 Å². The van der Waals surface area contributed by atoms with Gasteiger partial charge in [-0.2, -0.15) is 0 Å². The van der Waals surface area contributed by atoms with Crippen LogP contribution in [0.4, 0.5) is 0 Å². The first kappa shape index (κ1) is 13.1. The van der Waals surface area contributed by atoms with E-state index in [2.05, 4.69) is 24.4 Å². The van der Waals surface area contributed by atoms with E-state index in [0.29, 0.717) is 19.0 Å². The van der Waals surface area contributed by atoms with Crippen molar-refractivity contribution in [1.82, 2.24) is 5.32 Å². The Kier molecular flexibility index (Phi) is 4.37. The lowest BCUT2D eigenvalue weighted by Gasteiger charge is -2.17. The molecule has 1 saturated carbocycles. The Hall–Kier alpha value is -1.35. The van der Waals surface area contributed by atoms with Crippen molar-refractivity contribution in [2.24, 2.45) is 17.6 Å². The van der Waals surface area contributed by atoms with Crippen LogP contribution in [0.15, 0.2) is 24.3 Å². The number of nitrogens with two attached hydrogens (primary N) is 1. The molecule has 2 atom stereocenters. The first-order valence-corrected chi connectivity index (χ1v) is 6.74. The second-order valence-corrected chi connectivity index (χ2v) is 5.18. The number of carbonyl (C=O) groups excluding carboxylic acids is 1. The van der Waals surface area contributed by atoms with Gasteiger partial charge in [0.25, 0.3) is 0 Å². The summed E-state index contributed by atoms with van der Waals surface area (Å²) in [5.41, 5.74) is 8.12. The molecule has 1 aliphatic rings. The molecule has 3 N–H and O–H groups in total. The van der Waals surface area contributed by atoms with Crippen LogP contribution in [0.25, 0.3) is 0 Å². The van der Waals surface area contributed by atoms with Crippen LogP contribution in [0.1, 0.15) is 30.4 Å². The van der Waals surface area contributed by atoms with Gasteiger partial charge in [0, 0.05) is 12.5 Å². The molecule has 0 heterocycles. The van der Waals surface area contributed by atoms with Gasteiger partial charge in [0.2, 0.25) is 5.91 Å². The van der Waals surface area contributed by atoms with Crippen LogP contribution in [0.2, 0.25) is 0 Å². The second-order valence-electron chi connectivity index (χ2n) is 5.18. The summed E-state index contributed by atoms with van der Waals surface area (Å²) in [7, 11) is 0. The van der Waals surface area contributed by atoms with Crippen LogP contribution in [-0.2, 0) is 11.3 Å². The number of benzene rings is 1. The average molecular weight is 246 g/mol. The molecule has 1 amide bonds. The summed E-state index contributed by atoms with van der Waals surface area (Å²) in [6.07, 6.45) is 3.21. The normalized spacial score (nSPS) is 23.0. The number of aryl methyl sites for hydroxylation is 1. The van der Waals surface area contributed by atoms with Gasteiger partial charge in [0.05, 0.1) is 0 Å². The highest BCUT2D eigenvalue weighted by molar-refractivity contribution is 5.79. The second kappa shape index (κ2) is 6.01. The van der Waals surface area contributed by atoms with E-state index in [9.17, 15) is 4.79 Å². The van der Waals surface area contributed by atoms with Crippen molar-refractivity contribution in [1.29, 1.82) is 0 Å². The Labute approximate surface area is 109 Å². The first-order valence-electron chi connectivity index (χ1n) is 6.74. The number of hydrogen-bond donors (Lipinski definition) is 2. The summed E-state index contributed by atoms with van der Waals surface area (Å²) in [6.45, 7) is 3.32. The summed E-state index contributed by atoms with van der Waals surface area (Å²) in [5.74, 6) is 0.673. The van der Waals surface area contributed by atoms with E-state index in [-0.39, 0.29) is 11.8 Å². The van der Waals surface area contributed by atoms with Crippen molar-refractivity contribution in [2.75, 3.05) is 6.54 Å². The predicted octanol–water partition coefficient (Wildman–Crippen LogP) is 1.99. The van der Waals surface area contributed by atoms with Gasteiger partial charge in [0.15, 0.2) is 0 Å². The minimum atomic E-state index is 0.124. The summed E-state index contributed by atoms with van der Waals surface area (Å²) >= 11 is 0. The van der Waals surface area contributed by atoms with Crippen LogP contribution >= 0.6 is 0 Å². The van der Waals surface area contributed by atoms with Crippen molar-refractivity contribution >= 4 is 5.91 Å². The number of hydrogen-bond acceptors (Lipinski definition) is 2. The molecule has 1 aromatic carbocycles. The van der Waals surface area contributed by atoms with Crippen molar-refractivity contribution in [2.45, 2.75) is 32.7 Å². The molecule has 0 aromatic heterocycles. The Bertz CT molecular complexity index is 417. The minimum Gasteiger partial charge on any atom is -0.352 e. The fourth-order valence-electron chi connectivity index (χ4n) is 2.79. The fraction of sp³-hybridized carbons (Fsp3) is 0.533. The van der Waals surface area contributed by atoms with E-state index in [1.165, 1.54) is 11.1 Å². The summed E-state index contributed by atoms with van der Waals surface area (Å²) in [5, 5.41) is 3.05. The highest BCUT2D eigenvalue weighted by Gasteiger charge is 2.31. The lowest BCUT2D eigenvalue weighted by atomic mass is 9.95. The summed E-state index contributed by atoms with van der Waals surface area (Å²) in [6, 6.07) is 8.15. The summed E-state index contributed by atoms with van der Waals surface area (Å²) < 4.78 is 0. The Morgan fingerprint density at radius 3 is 2.89 bits per heavy atom. The predicted molar refractivity (Wildman–Crippen MR) is 72.9 cm³/mol. The molecule has 18 heavy (non-hydrogen) atoms. The lowest BCUT2D eigenvalue weighted by Crippen LogP contribution is -2.34. The van der Waals surface area contributed by atoms with Crippen LogP contribution < -0.4 is 11.1 Å². The van der Waals surface area contributed by atoms with Crippen LogP contribution in [0.3, 0.4) is 0 Å². The molecule has 0 aliphatic heterocycles. The standard InChI is InChI=1S/C15H22N2O/c1-11-5-2-3-6-13(11)10-17-15(18)14-8-4-7-12(14)9-16/h2-3,5-6,12,14H,4,7-10,16H2,1H3,(H,17,18)/t12-,14-/m1/s1. The van der Waals surface area contributed by atoms with E-state index >= 15 is 0 Å². The zero-order valence-electron chi connectivity index (χ0n) is 11.0. The van der Waals surface area contributed by atoms with E-state index < -0.39 is 0 Å². The molecule has 98 valence electrons. The zero-order chi connectivity index (χ0) is 13.0. The molecule has 0 unspecified atom stereocenters. The number of amides is 1. The Balaban J connectivity index is 1.90. The molecule has 1 aromatic rings. The van der Waals surface area contributed by atoms with Crippen LogP contribution in [0, 0.1) is 18.8 Å². The van der Waals surface area contributed by atoms with Crippen molar-refractivity contribution in [3.05, 3.63) is 35.4 Å². The van der Waals surface area contributed by atoms with Gasteiger partial charge in [-0.15, -0.1) is 0 Å². The van der Waals surface area contributed by atoms with E-state index in [1.807, 2.05) is 12.1 Å². The Morgan fingerprint density at radius 1 is 1.39 bits per heavy atom. The number of rotatable bonds is 4. The van der Waals surface area contributed by atoms with Gasteiger partial charge in [-0.3, -0.25) is 4.79 Å². The van der Waals surface area contributed by atoms with Crippen LogP contribution in [0.5, 0.6) is 0 Å². The molecule has 1 aliphatic carbocycles. The molecule has 0 bridgehead atoms. The third kappa shape index (κ3) is 2.91. The maximum Gasteiger partial charge on any atom is 0.223 e. The fourth-order valence-corrected chi connectivity index (χ4v) is 2.79. The SMILES string of the molecule is Cc1ccccc1CNC(=O)[C@@H]1CCC[C@@H]1CN. The van der Waals surface area contributed by atoms with E-state index in [1.54, 1.807) is 0 Å². The molecule has 0 radical (unpaired) electrons. The van der Waals surface area contributed by atoms with Crippen LogP contribution in [-0.4, -0.2) is 12.5 Å². The molecule has 1 fully saturated rings. The molecule has 3 nitrogen and oxygen atoms in total. The molecule has 3 heteroatoms. The zero-order valence-corrected chi connectivity index (χ0v) is 11.0.